The molecule has 0 saturated heterocycles. The molecule has 1 heterocycles. The Morgan fingerprint density at radius 2 is 1.62 bits per heavy atom. The second kappa shape index (κ2) is 10.1. The topological polar surface area (TPSA) is 91.8 Å². The van der Waals surface area contributed by atoms with E-state index in [1.165, 1.54) is 12.1 Å². The molecule has 0 saturated carbocycles. The Morgan fingerprint density at radius 1 is 0.969 bits per heavy atom. The zero-order chi connectivity index (χ0) is 21.8. The molecule has 3 aromatic carbocycles. The number of fused-ring (bicyclic) bond motifs is 1. The van der Waals surface area contributed by atoms with Gasteiger partial charge in [0.1, 0.15) is 28.9 Å². The van der Waals surface area contributed by atoms with Gasteiger partial charge in [0.2, 0.25) is 11.2 Å². The molecule has 6 nitrogen and oxygen atoms in total. The number of ether oxygens (including phenoxy) is 2. The van der Waals surface area contributed by atoms with Gasteiger partial charge in [-0.25, -0.2) is 4.79 Å². The fourth-order valence-corrected chi connectivity index (χ4v) is 3.20. The lowest BCUT2D eigenvalue weighted by Crippen LogP contribution is -2.36. The molecule has 1 atom stereocenters. The highest BCUT2D eigenvalue weighted by Crippen LogP contribution is 2.27. The molecule has 0 aliphatic rings. The van der Waals surface area contributed by atoms with Crippen LogP contribution in [0.15, 0.2) is 88.1 Å². The highest BCUT2D eigenvalue weighted by atomic mass is 35.5. The summed E-state index contributed by atoms with van der Waals surface area (Å²) in [7, 11) is 0. The molecule has 0 radical (unpaired) electrons. The van der Waals surface area contributed by atoms with Crippen molar-refractivity contribution in [3.63, 3.8) is 0 Å². The molecule has 0 fully saturated rings. The highest BCUT2D eigenvalue weighted by molar-refractivity contribution is 5.85. The van der Waals surface area contributed by atoms with E-state index in [9.17, 15) is 9.59 Å². The van der Waals surface area contributed by atoms with E-state index in [0.717, 1.165) is 5.56 Å². The van der Waals surface area contributed by atoms with Gasteiger partial charge in [-0.15, -0.1) is 12.4 Å². The van der Waals surface area contributed by atoms with Crippen molar-refractivity contribution >= 4 is 29.3 Å². The molecule has 2 N–H and O–H groups in total. The SMILES string of the molecule is Cc1oc2cc(OC(=O)[C@H](N)Cc3ccccc3)ccc2c(=O)c1Oc1ccccc1.Cl. The summed E-state index contributed by atoms with van der Waals surface area (Å²) < 4.78 is 16.9. The summed E-state index contributed by atoms with van der Waals surface area (Å²) in [6.07, 6.45) is 0.363. The summed E-state index contributed by atoms with van der Waals surface area (Å²) >= 11 is 0. The summed E-state index contributed by atoms with van der Waals surface area (Å²) in [6.45, 7) is 1.65. The molecule has 1 aromatic heterocycles. The monoisotopic (exact) mass is 451 g/mol. The largest absolute Gasteiger partial charge is 0.457 e. The van der Waals surface area contributed by atoms with E-state index in [4.69, 9.17) is 19.6 Å². The number of hydrogen-bond donors (Lipinski definition) is 1. The predicted octanol–water partition coefficient (Wildman–Crippen LogP) is 4.79. The Hall–Kier alpha value is -3.61. The van der Waals surface area contributed by atoms with Gasteiger partial charge in [0.25, 0.3) is 0 Å². The maximum Gasteiger partial charge on any atom is 0.328 e. The summed E-state index contributed by atoms with van der Waals surface area (Å²) in [5.41, 5.74) is 6.92. The van der Waals surface area contributed by atoms with E-state index >= 15 is 0 Å². The summed E-state index contributed by atoms with van der Waals surface area (Å²) in [4.78, 5) is 25.3. The first kappa shape index (κ1) is 23.1. The molecule has 0 unspecified atom stereocenters. The number of carbonyl (C=O) groups excluding carboxylic acids is 1. The first-order valence-electron chi connectivity index (χ1n) is 9.83. The fourth-order valence-electron chi connectivity index (χ4n) is 3.20. The van der Waals surface area contributed by atoms with Gasteiger partial charge in [-0.05, 0) is 43.2 Å². The zero-order valence-electron chi connectivity index (χ0n) is 17.3. The van der Waals surface area contributed by atoms with Gasteiger partial charge >= 0.3 is 5.97 Å². The number of halogens is 1. The molecule has 0 spiro atoms. The summed E-state index contributed by atoms with van der Waals surface area (Å²) in [5.74, 6) is 0.667. The third-order valence-electron chi connectivity index (χ3n) is 4.77. The normalized spacial score (nSPS) is 11.4. The number of para-hydroxylation sites is 1. The molecular formula is C25H22ClNO5. The Kier molecular flexibility index (Phi) is 7.30. The third kappa shape index (κ3) is 5.17. The first-order chi connectivity index (χ1) is 15.0. The van der Waals surface area contributed by atoms with Gasteiger partial charge in [-0.2, -0.15) is 0 Å². The number of esters is 1. The molecule has 0 amide bonds. The molecule has 164 valence electrons. The van der Waals surface area contributed by atoms with Crippen LogP contribution in [0.1, 0.15) is 11.3 Å². The minimum Gasteiger partial charge on any atom is -0.457 e. The second-order valence-electron chi connectivity index (χ2n) is 7.11. The van der Waals surface area contributed by atoms with E-state index in [0.29, 0.717) is 28.9 Å². The average Bonchev–Trinajstić information content (AvgIpc) is 2.78. The lowest BCUT2D eigenvalue weighted by molar-refractivity contribution is -0.135. The van der Waals surface area contributed by atoms with Gasteiger partial charge in [-0.3, -0.25) is 4.79 Å². The molecule has 0 bridgehead atoms. The van der Waals surface area contributed by atoms with Crippen LogP contribution in [-0.4, -0.2) is 12.0 Å². The first-order valence-corrected chi connectivity index (χ1v) is 9.83. The van der Waals surface area contributed by atoms with Crippen molar-refractivity contribution in [2.45, 2.75) is 19.4 Å². The van der Waals surface area contributed by atoms with Crippen LogP contribution in [0.2, 0.25) is 0 Å². The Labute approximate surface area is 191 Å². The van der Waals surface area contributed by atoms with Gasteiger partial charge in [-0.1, -0.05) is 48.5 Å². The van der Waals surface area contributed by atoms with Crippen LogP contribution in [0.25, 0.3) is 11.0 Å². The Bertz CT molecular complexity index is 1270. The number of benzene rings is 3. The van der Waals surface area contributed by atoms with Crippen molar-refractivity contribution in [1.82, 2.24) is 0 Å². The third-order valence-corrected chi connectivity index (χ3v) is 4.77. The van der Waals surface area contributed by atoms with E-state index in [-0.39, 0.29) is 29.3 Å². The molecule has 4 aromatic rings. The van der Waals surface area contributed by atoms with Crippen molar-refractivity contribution in [1.29, 1.82) is 0 Å². The summed E-state index contributed by atoms with van der Waals surface area (Å²) in [6, 6.07) is 22.2. The smallest absolute Gasteiger partial charge is 0.328 e. The molecule has 4 rings (SSSR count). The number of rotatable bonds is 6. The molecule has 32 heavy (non-hydrogen) atoms. The number of aryl methyl sites for hydroxylation is 1. The van der Waals surface area contributed by atoms with Crippen molar-refractivity contribution in [2.75, 3.05) is 0 Å². The minimum absolute atomic E-state index is 0. The fraction of sp³-hybridized carbons (Fsp3) is 0.120. The van der Waals surface area contributed by atoms with Crippen LogP contribution in [0.5, 0.6) is 17.2 Å². The lowest BCUT2D eigenvalue weighted by atomic mass is 10.1. The second-order valence-corrected chi connectivity index (χ2v) is 7.11. The van der Waals surface area contributed by atoms with E-state index in [2.05, 4.69) is 0 Å². The van der Waals surface area contributed by atoms with Crippen LogP contribution >= 0.6 is 12.4 Å². The number of hydrogen-bond acceptors (Lipinski definition) is 6. The number of nitrogens with two attached hydrogens (primary N) is 1. The van der Waals surface area contributed by atoms with E-state index < -0.39 is 12.0 Å². The summed E-state index contributed by atoms with van der Waals surface area (Å²) in [5, 5.41) is 0.324. The predicted molar refractivity (Wildman–Crippen MR) is 125 cm³/mol. The van der Waals surface area contributed by atoms with E-state index in [1.807, 2.05) is 48.5 Å². The van der Waals surface area contributed by atoms with Crippen LogP contribution in [0, 0.1) is 6.92 Å². The molecular weight excluding hydrogens is 430 g/mol. The molecule has 7 heteroatoms. The Morgan fingerprint density at radius 3 is 2.31 bits per heavy atom. The van der Waals surface area contributed by atoms with Crippen molar-refractivity contribution in [3.8, 4) is 17.2 Å². The quantitative estimate of drug-likeness (QED) is 0.334. The van der Waals surface area contributed by atoms with Crippen molar-refractivity contribution in [3.05, 3.63) is 100 Å². The standard InChI is InChI=1S/C25H21NO5.ClH/c1-16-24(30-18-10-6-3-7-11-18)23(27)20-13-12-19(15-22(20)29-16)31-25(28)21(26)14-17-8-4-2-5-9-17;/h2-13,15,21H,14,26H2,1H3;1H/t21-;/m1./s1. The molecule has 0 aliphatic carbocycles. The van der Waals surface area contributed by atoms with Gasteiger partial charge in [0, 0.05) is 6.07 Å². The van der Waals surface area contributed by atoms with Gasteiger partial charge < -0.3 is 19.6 Å². The van der Waals surface area contributed by atoms with E-state index in [1.54, 1.807) is 25.1 Å². The maximum absolute atomic E-state index is 12.9. The van der Waals surface area contributed by atoms with Crippen LogP contribution < -0.4 is 20.6 Å². The van der Waals surface area contributed by atoms with Crippen LogP contribution in [-0.2, 0) is 11.2 Å². The molecule has 0 aliphatic heterocycles. The van der Waals surface area contributed by atoms with Gasteiger partial charge in [0.05, 0.1) is 5.39 Å². The van der Waals surface area contributed by atoms with Crippen LogP contribution in [0.3, 0.4) is 0 Å². The highest BCUT2D eigenvalue weighted by Gasteiger charge is 2.18. The van der Waals surface area contributed by atoms with Crippen molar-refractivity contribution in [2.24, 2.45) is 5.73 Å². The Balaban J connectivity index is 0.00000289. The van der Waals surface area contributed by atoms with Gasteiger partial charge in [0.15, 0.2) is 0 Å². The maximum atomic E-state index is 12.9. The average molecular weight is 452 g/mol. The lowest BCUT2D eigenvalue weighted by Gasteiger charge is -2.12. The van der Waals surface area contributed by atoms with Crippen molar-refractivity contribution < 1.29 is 18.7 Å². The number of carbonyl (C=O) groups is 1. The minimum atomic E-state index is -0.812. The van der Waals surface area contributed by atoms with Crippen LogP contribution in [0.4, 0.5) is 0 Å². The zero-order valence-corrected chi connectivity index (χ0v) is 18.1.